The zero-order valence-electron chi connectivity index (χ0n) is 12.6. The van der Waals surface area contributed by atoms with Crippen LogP contribution in [0.4, 0.5) is 5.69 Å². The van der Waals surface area contributed by atoms with Crippen molar-refractivity contribution < 1.29 is 9.47 Å². The molecule has 0 amide bonds. The molecule has 1 heterocycles. The van der Waals surface area contributed by atoms with E-state index in [9.17, 15) is 10.5 Å². The van der Waals surface area contributed by atoms with E-state index < -0.39 is 0 Å². The third kappa shape index (κ3) is 3.33. The fraction of sp³-hybridized carbons (Fsp3) is 0.500. The van der Waals surface area contributed by atoms with Gasteiger partial charge in [0.1, 0.15) is 12.1 Å². The van der Waals surface area contributed by atoms with E-state index >= 15 is 0 Å². The van der Waals surface area contributed by atoms with Crippen LogP contribution in [0.5, 0.6) is 0 Å². The van der Waals surface area contributed by atoms with Gasteiger partial charge in [0, 0.05) is 20.2 Å². The SMILES string of the molecule is COC[C@@H]1CN(c2c(C#N)cccc2C#N)CC(C)(C)O1. The number of rotatable bonds is 3. The standard InChI is InChI=1S/C16H19N3O2/c1-16(2)11-19(9-14(21-16)10-20-3)15-12(7-17)5-4-6-13(15)8-18/h4-6,14H,9-11H2,1-3H3/t14-/m0/s1. The second-order valence-corrected chi connectivity index (χ2v) is 5.76. The van der Waals surface area contributed by atoms with Crippen LogP contribution in [-0.4, -0.2) is 38.5 Å². The number of anilines is 1. The lowest BCUT2D eigenvalue weighted by Crippen LogP contribution is -2.54. The number of hydrogen-bond acceptors (Lipinski definition) is 5. The highest BCUT2D eigenvalue weighted by Crippen LogP contribution is 2.31. The van der Waals surface area contributed by atoms with Crippen LogP contribution in [0, 0.1) is 22.7 Å². The van der Waals surface area contributed by atoms with Crippen molar-refractivity contribution in [2.24, 2.45) is 0 Å². The third-order valence-electron chi connectivity index (χ3n) is 3.43. The molecule has 0 unspecified atom stereocenters. The molecular formula is C16H19N3O2. The molecule has 1 atom stereocenters. The minimum absolute atomic E-state index is 0.0861. The Labute approximate surface area is 125 Å². The number of hydrogen-bond donors (Lipinski definition) is 0. The minimum Gasteiger partial charge on any atom is -0.382 e. The highest BCUT2D eigenvalue weighted by atomic mass is 16.5. The van der Waals surface area contributed by atoms with Crippen molar-refractivity contribution in [3.8, 4) is 12.1 Å². The highest BCUT2D eigenvalue weighted by Gasteiger charge is 2.35. The smallest absolute Gasteiger partial charge is 0.101 e. The van der Waals surface area contributed by atoms with Gasteiger partial charge in [-0.25, -0.2) is 0 Å². The summed E-state index contributed by atoms with van der Waals surface area (Å²) in [4.78, 5) is 2.06. The third-order valence-corrected chi connectivity index (χ3v) is 3.43. The predicted molar refractivity (Wildman–Crippen MR) is 78.9 cm³/mol. The largest absolute Gasteiger partial charge is 0.382 e. The van der Waals surface area contributed by atoms with E-state index in [1.807, 2.05) is 13.8 Å². The molecule has 0 saturated carbocycles. The number of morpholine rings is 1. The molecular weight excluding hydrogens is 266 g/mol. The van der Waals surface area contributed by atoms with E-state index in [4.69, 9.17) is 9.47 Å². The van der Waals surface area contributed by atoms with Gasteiger partial charge in [0.15, 0.2) is 0 Å². The van der Waals surface area contributed by atoms with Crippen LogP contribution < -0.4 is 4.90 Å². The molecule has 1 saturated heterocycles. The second-order valence-electron chi connectivity index (χ2n) is 5.76. The Balaban J connectivity index is 2.41. The van der Waals surface area contributed by atoms with Crippen molar-refractivity contribution in [2.75, 3.05) is 31.7 Å². The molecule has 5 heteroatoms. The average molecular weight is 285 g/mol. The molecule has 0 N–H and O–H groups in total. The van der Waals surface area contributed by atoms with E-state index in [0.717, 1.165) is 0 Å². The molecule has 0 radical (unpaired) electrons. The Bertz CT molecular complexity index is 566. The lowest BCUT2D eigenvalue weighted by molar-refractivity contribution is -0.106. The van der Waals surface area contributed by atoms with Crippen molar-refractivity contribution >= 4 is 5.69 Å². The van der Waals surface area contributed by atoms with Crippen molar-refractivity contribution in [1.29, 1.82) is 10.5 Å². The van der Waals surface area contributed by atoms with Gasteiger partial charge in [0.05, 0.1) is 35.1 Å². The molecule has 110 valence electrons. The van der Waals surface area contributed by atoms with Crippen LogP contribution >= 0.6 is 0 Å². The van der Waals surface area contributed by atoms with Crippen LogP contribution in [0.2, 0.25) is 0 Å². The van der Waals surface area contributed by atoms with Gasteiger partial charge >= 0.3 is 0 Å². The Kier molecular flexibility index (Phi) is 4.47. The van der Waals surface area contributed by atoms with Gasteiger partial charge in [0.25, 0.3) is 0 Å². The van der Waals surface area contributed by atoms with Gasteiger partial charge in [-0.05, 0) is 26.0 Å². The van der Waals surface area contributed by atoms with E-state index in [-0.39, 0.29) is 11.7 Å². The molecule has 1 fully saturated rings. The van der Waals surface area contributed by atoms with Crippen LogP contribution in [0.1, 0.15) is 25.0 Å². The lowest BCUT2D eigenvalue weighted by atomic mass is 10.0. The Morgan fingerprint density at radius 3 is 2.48 bits per heavy atom. The molecule has 1 aromatic rings. The first-order valence-electron chi connectivity index (χ1n) is 6.85. The fourth-order valence-corrected chi connectivity index (χ4v) is 2.80. The Hall–Kier alpha value is -2.08. The number of nitriles is 2. The second kappa shape index (κ2) is 6.13. The summed E-state index contributed by atoms with van der Waals surface area (Å²) in [6, 6.07) is 9.57. The monoisotopic (exact) mass is 285 g/mol. The lowest BCUT2D eigenvalue weighted by Gasteiger charge is -2.44. The normalized spacial score (nSPS) is 20.6. The van der Waals surface area contributed by atoms with Crippen LogP contribution in [0.3, 0.4) is 0 Å². The Morgan fingerprint density at radius 2 is 1.95 bits per heavy atom. The first-order chi connectivity index (χ1) is 10.0. The zero-order valence-corrected chi connectivity index (χ0v) is 12.6. The van der Waals surface area contributed by atoms with Crippen LogP contribution in [0.25, 0.3) is 0 Å². The predicted octanol–water partition coefficient (Wildman–Crippen LogP) is 2.06. The summed E-state index contributed by atoms with van der Waals surface area (Å²) in [6.45, 7) is 5.72. The van der Waals surface area contributed by atoms with Gasteiger partial charge in [-0.3, -0.25) is 0 Å². The van der Waals surface area contributed by atoms with Crippen molar-refractivity contribution in [3.05, 3.63) is 29.3 Å². The van der Waals surface area contributed by atoms with Gasteiger partial charge in [0.2, 0.25) is 0 Å². The van der Waals surface area contributed by atoms with Crippen molar-refractivity contribution in [2.45, 2.75) is 25.6 Å². The minimum atomic E-state index is -0.364. The van der Waals surface area contributed by atoms with Gasteiger partial charge in [-0.2, -0.15) is 10.5 Å². The topological polar surface area (TPSA) is 69.3 Å². The first-order valence-corrected chi connectivity index (χ1v) is 6.85. The van der Waals surface area contributed by atoms with Gasteiger partial charge in [-0.1, -0.05) is 6.07 Å². The van der Waals surface area contributed by atoms with E-state index in [2.05, 4.69) is 17.0 Å². The van der Waals surface area contributed by atoms with Gasteiger partial charge < -0.3 is 14.4 Å². The maximum Gasteiger partial charge on any atom is 0.101 e. The summed E-state index contributed by atoms with van der Waals surface area (Å²) in [6.07, 6.45) is -0.0861. The summed E-state index contributed by atoms with van der Waals surface area (Å²) < 4.78 is 11.2. The zero-order chi connectivity index (χ0) is 15.5. The molecule has 0 aliphatic carbocycles. The number of methoxy groups -OCH3 is 1. The number of benzene rings is 1. The molecule has 1 aromatic carbocycles. The summed E-state index contributed by atoms with van der Waals surface area (Å²) >= 11 is 0. The molecule has 0 bridgehead atoms. The summed E-state index contributed by atoms with van der Waals surface area (Å²) in [5.74, 6) is 0. The summed E-state index contributed by atoms with van der Waals surface area (Å²) in [7, 11) is 1.64. The molecule has 1 aliphatic heterocycles. The quantitative estimate of drug-likeness (QED) is 0.850. The van der Waals surface area contributed by atoms with Crippen molar-refractivity contribution in [1.82, 2.24) is 0 Å². The van der Waals surface area contributed by atoms with Crippen LogP contribution in [-0.2, 0) is 9.47 Å². The highest BCUT2D eigenvalue weighted by molar-refractivity contribution is 5.68. The fourth-order valence-electron chi connectivity index (χ4n) is 2.80. The summed E-state index contributed by atoms with van der Waals surface area (Å²) in [5.41, 5.74) is 1.36. The number of ether oxygens (including phenoxy) is 2. The number of nitrogens with zero attached hydrogens (tertiary/aromatic N) is 3. The summed E-state index contributed by atoms with van der Waals surface area (Å²) in [5, 5.41) is 18.7. The van der Waals surface area contributed by atoms with E-state index in [1.54, 1.807) is 25.3 Å². The number of para-hydroxylation sites is 1. The van der Waals surface area contributed by atoms with Crippen molar-refractivity contribution in [3.63, 3.8) is 0 Å². The first kappa shape index (κ1) is 15.3. The average Bonchev–Trinajstić information content (AvgIpc) is 2.44. The van der Waals surface area contributed by atoms with E-state index in [1.165, 1.54) is 0 Å². The molecule has 0 aromatic heterocycles. The maximum atomic E-state index is 9.33. The maximum absolute atomic E-state index is 9.33. The molecule has 21 heavy (non-hydrogen) atoms. The molecule has 5 nitrogen and oxygen atoms in total. The van der Waals surface area contributed by atoms with E-state index in [0.29, 0.717) is 36.5 Å². The molecule has 1 aliphatic rings. The van der Waals surface area contributed by atoms with Crippen LogP contribution in [0.15, 0.2) is 18.2 Å². The molecule has 0 spiro atoms. The Morgan fingerprint density at radius 1 is 1.33 bits per heavy atom. The molecule has 2 rings (SSSR count). The van der Waals surface area contributed by atoms with Gasteiger partial charge in [-0.15, -0.1) is 0 Å².